The first kappa shape index (κ1) is 17.8. The number of nitriles is 1. The molecule has 24 heavy (non-hydrogen) atoms. The van der Waals surface area contributed by atoms with Crippen LogP contribution < -0.4 is 15.5 Å². The Hall–Kier alpha value is -2.52. The number of nitrogens with one attached hydrogen (secondary N) is 2. The number of hydrogen-bond donors (Lipinski definition) is 2. The van der Waals surface area contributed by atoms with Crippen LogP contribution in [-0.2, 0) is 4.79 Å². The van der Waals surface area contributed by atoms with E-state index in [1.165, 1.54) is 6.20 Å². The summed E-state index contributed by atoms with van der Waals surface area (Å²) in [5.41, 5.74) is 2.14. The Balaban J connectivity index is 2.02. The van der Waals surface area contributed by atoms with Gasteiger partial charge in [0.1, 0.15) is 11.6 Å². The van der Waals surface area contributed by atoms with Crippen LogP contribution >= 0.6 is 0 Å². The van der Waals surface area contributed by atoms with Gasteiger partial charge in [-0.25, -0.2) is 0 Å². The molecule has 0 aliphatic carbocycles. The first-order chi connectivity index (χ1) is 11.7. The molecule has 0 spiro atoms. The van der Waals surface area contributed by atoms with Crippen LogP contribution in [0.2, 0.25) is 0 Å². The third-order valence-corrected chi connectivity index (χ3v) is 4.13. The third-order valence-electron chi connectivity index (χ3n) is 4.13. The summed E-state index contributed by atoms with van der Waals surface area (Å²) in [7, 11) is 0. The Morgan fingerprint density at radius 1 is 1.29 bits per heavy atom. The number of carbonyl (C=O) groups is 1. The van der Waals surface area contributed by atoms with Gasteiger partial charge in [-0.05, 0) is 38.1 Å². The fraction of sp³-hybridized carbons (Fsp3) is 0.444. The molecule has 2 rings (SSSR count). The Labute approximate surface area is 143 Å². The average Bonchev–Trinajstić information content (AvgIpc) is 2.65. The van der Waals surface area contributed by atoms with E-state index in [4.69, 9.17) is 0 Å². The molecule has 6 nitrogen and oxygen atoms in total. The smallest absolute Gasteiger partial charge is 0.266 e. The number of piperazine rings is 1. The van der Waals surface area contributed by atoms with Crippen LogP contribution in [0, 0.1) is 11.3 Å². The standard InChI is InChI=1S/C18H25N5O/c1-3-22(4-2)17-7-5-16(6-8-17)21-14-15(13-19)18(24)23-11-9-20-10-12-23/h5-8,14,20-21H,3-4,9-12H2,1-2H3/b15-14-. The summed E-state index contributed by atoms with van der Waals surface area (Å²) in [5, 5.41) is 15.5. The highest BCUT2D eigenvalue weighted by Crippen LogP contribution is 2.18. The highest BCUT2D eigenvalue weighted by Gasteiger charge is 2.19. The minimum absolute atomic E-state index is 0.129. The lowest BCUT2D eigenvalue weighted by atomic mass is 10.2. The van der Waals surface area contributed by atoms with Gasteiger partial charge in [0.25, 0.3) is 5.91 Å². The average molecular weight is 327 g/mol. The summed E-state index contributed by atoms with van der Waals surface area (Å²) in [6, 6.07) is 9.97. The lowest BCUT2D eigenvalue weighted by Crippen LogP contribution is -2.46. The zero-order valence-corrected chi connectivity index (χ0v) is 14.4. The van der Waals surface area contributed by atoms with Gasteiger partial charge in [0.05, 0.1) is 0 Å². The Morgan fingerprint density at radius 3 is 2.46 bits per heavy atom. The zero-order chi connectivity index (χ0) is 17.4. The molecule has 1 fully saturated rings. The molecule has 1 amide bonds. The zero-order valence-electron chi connectivity index (χ0n) is 14.4. The molecule has 1 aliphatic heterocycles. The van der Waals surface area contributed by atoms with E-state index in [9.17, 15) is 10.1 Å². The van der Waals surface area contributed by atoms with E-state index < -0.39 is 0 Å². The highest BCUT2D eigenvalue weighted by atomic mass is 16.2. The fourth-order valence-corrected chi connectivity index (χ4v) is 2.69. The normalized spacial score (nSPS) is 14.9. The molecule has 1 aromatic carbocycles. The maximum Gasteiger partial charge on any atom is 0.266 e. The molecule has 0 aromatic heterocycles. The lowest BCUT2D eigenvalue weighted by molar-refractivity contribution is -0.127. The summed E-state index contributed by atoms with van der Waals surface area (Å²) in [6.45, 7) is 8.97. The maximum atomic E-state index is 12.3. The molecule has 0 saturated carbocycles. The van der Waals surface area contributed by atoms with Crippen molar-refractivity contribution >= 4 is 17.3 Å². The second kappa shape index (κ2) is 8.94. The van der Waals surface area contributed by atoms with Crippen LogP contribution in [0.3, 0.4) is 0 Å². The largest absolute Gasteiger partial charge is 0.372 e. The van der Waals surface area contributed by atoms with Crippen LogP contribution in [-0.4, -0.2) is 50.1 Å². The number of benzene rings is 1. The van der Waals surface area contributed by atoms with Crippen LogP contribution in [0.5, 0.6) is 0 Å². The SMILES string of the molecule is CCN(CC)c1ccc(N/C=C(/C#N)C(=O)N2CCNCC2)cc1. The minimum atomic E-state index is -0.216. The maximum absolute atomic E-state index is 12.3. The van der Waals surface area contributed by atoms with E-state index >= 15 is 0 Å². The van der Waals surface area contributed by atoms with Crippen molar-refractivity contribution in [3.8, 4) is 6.07 Å². The molecular formula is C18H25N5O. The van der Waals surface area contributed by atoms with Gasteiger partial charge in [-0.1, -0.05) is 0 Å². The predicted octanol–water partition coefficient (Wildman–Crippen LogP) is 1.78. The van der Waals surface area contributed by atoms with E-state index in [2.05, 4.69) is 29.4 Å². The first-order valence-corrected chi connectivity index (χ1v) is 8.41. The Bertz CT molecular complexity index is 607. The van der Waals surface area contributed by atoms with E-state index in [1.54, 1.807) is 4.90 Å². The van der Waals surface area contributed by atoms with Crippen molar-refractivity contribution in [2.75, 3.05) is 49.5 Å². The summed E-state index contributed by atoms with van der Waals surface area (Å²) in [6.07, 6.45) is 1.50. The lowest BCUT2D eigenvalue weighted by Gasteiger charge is -2.27. The number of anilines is 2. The number of carbonyl (C=O) groups excluding carboxylic acids is 1. The monoisotopic (exact) mass is 327 g/mol. The van der Waals surface area contributed by atoms with Crippen LogP contribution in [0.25, 0.3) is 0 Å². The van der Waals surface area contributed by atoms with Crippen molar-refractivity contribution < 1.29 is 4.79 Å². The number of amides is 1. The van der Waals surface area contributed by atoms with Gasteiger partial charge >= 0.3 is 0 Å². The van der Waals surface area contributed by atoms with Crippen LogP contribution in [0.15, 0.2) is 36.0 Å². The van der Waals surface area contributed by atoms with E-state index in [1.807, 2.05) is 30.3 Å². The predicted molar refractivity (Wildman–Crippen MR) is 96.8 cm³/mol. The van der Waals surface area contributed by atoms with Gasteiger partial charge in [0.15, 0.2) is 0 Å². The van der Waals surface area contributed by atoms with Crippen molar-refractivity contribution in [2.24, 2.45) is 0 Å². The fourth-order valence-electron chi connectivity index (χ4n) is 2.69. The van der Waals surface area contributed by atoms with E-state index in [0.717, 1.165) is 37.6 Å². The van der Waals surface area contributed by atoms with Gasteiger partial charge in [0.2, 0.25) is 0 Å². The van der Waals surface area contributed by atoms with Crippen LogP contribution in [0.1, 0.15) is 13.8 Å². The molecule has 128 valence electrons. The Kier molecular flexibility index (Phi) is 6.64. The summed E-state index contributed by atoms with van der Waals surface area (Å²) < 4.78 is 0. The van der Waals surface area contributed by atoms with Crippen molar-refractivity contribution in [1.82, 2.24) is 10.2 Å². The number of hydrogen-bond acceptors (Lipinski definition) is 5. The van der Waals surface area contributed by atoms with E-state index in [-0.39, 0.29) is 11.5 Å². The molecular weight excluding hydrogens is 302 g/mol. The van der Waals surface area contributed by atoms with Crippen molar-refractivity contribution in [3.05, 3.63) is 36.0 Å². The minimum Gasteiger partial charge on any atom is -0.372 e. The third kappa shape index (κ3) is 4.49. The molecule has 1 aromatic rings. The second-order valence-electron chi connectivity index (χ2n) is 5.58. The van der Waals surface area contributed by atoms with E-state index in [0.29, 0.717) is 13.1 Å². The topological polar surface area (TPSA) is 71.4 Å². The Morgan fingerprint density at radius 2 is 1.92 bits per heavy atom. The molecule has 0 bridgehead atoms. The molecule has 0 radical (unpaired) electrons. The molecule has 1 saturated heterocycles. The van der Waals surface area contributed by atoms with Gasteiger partial charge in [-0.15, -0.1) is 0 Å². The molecule has 0 atom stereocenters. The van der Waals surface area contributed by atoms with Gasteiger partial charge in [-0.3, -0.25) is 4.79 Å². The molecule has 1 heterocycles. The molecule has 6 heteroatoms. The number of nitrogens with zero attached hydrogens (tertiary/aromatic N) is 3. The van der Waals surface area contributed by atoms with Crippen molar-refractivity contribution in [2.45, 2.75) is 13.8 Å². The quantitative estimate of drug-likeness (QED) is 0.616. The van der Waals surface area contributed by atoms with Gasteiger partial charge < -0.3 is 20.4 Å². The van der Waals surface area contributed by atoms with Crippen molar-refractivity contribution in [3.63, 3.8) is 0 Å². The molecule has 1 aliphatic rings. The first-order valence-electron chi connectivity index (χ1n) is 8.41. The summed E-state index contributed by atoms with van der Waals surface area (Å²) in [4.78, 5) is 16.3. The van der Waals surface area contributed by atoms with Crippen molar-refractivity contribution in [1.29, 1.82) is 5.26 Å². The van der Waals surface area contributed by atoms with Crippen LogP contribution in [0.4, 0.5) is 11.4 Å². The second-order valence-corrected chi connectivity index (χ2v) is 5.58. The molecule has 2 N–H and O–H groups in total. The number of rotatable bonds is 6. The van der Waals surface area contributed by atoms with Gasteiger partial charge in [-0.2, -0.15) is 5.26 Å². The van der Waals surface area contributed by atoms with Gasteiger partial charge in [0, 0.05) is 56.8 Å². The summed E-state index contributed by atoms with van der Waals surface area (Å²) in [5.74, 6) is -0.216. The summed E-state index contributed by atoms with van der Waals surface area (Å²) >= 11 is 0. The highest BCUT2D eigenvalue weighted by molar-refractivity contribution is 5.97. The molecule has 0 unspecified atom stereocenters.